The number of piperidine rings is 1. The summed E-state index contributed by atoms with van der Waals surface area (Å²) >= 11 is 1.70. The Morgan fingerprint density at radius 2 is 2.00 bits per heavy atom. The van der Waals surface area contributed by atoms with Crippen LogP contribution in [0.4, 0.5) is 0 Å². The number of amides is 1. The first-order valence-corrected chi connectivity index (χ1v) is 10.7. The Balaban J connectivity index is 1.33. The molecule has 2 fully saturated rings. The van der Waals surface area contributed by atoms with Crippen molar-refractivity contribution in [2.45, 2.75) is 50.5 Å². The summed E-state index contributed by atoms with van der Waals surface area (Å²) in [7, 11) is 0. The third-order valence-electron chi connectivity index (χ3n) is 6.05. The van der Waals surface area contributed by atoms with Crippen molar-refractivity contribution in [2.75, 3.05) is 26.2 Å². The molecule has 5 rings (SSSR count). The monoisotopic (exact) mass is 387 g/mol. The van der Waals surface area contributed by atoms with E-state index >= 15 is 0 Å². The Bertz CT molecular complexity index is 791. The van der Waals surface area contributed by atoms with E-state index in [0.29, 0.717) is 6.54 Å². The molecule has 1 amide bonds. The third-order valence-corrected chi connectivity index (χ3v) is 6.82. The number of hydrogen-bond acceptors (Lipinski definition) is 6. The zero-order chi connectivity index (χ0) is 18.3. The van der Waals surface area contributed by atoms with Gasteiger partial charge in [0.05, 0.1) is 13.1 Å². The van der Waals surface area contributed by atoms with E-state index in [1.54, 1.807) is 11.3 Å². The van der Waals surface area contributed by atoms with E-state index in [-0.39, 0.29) is 5.91 Å². The molecule has 0 aliphatic carbocycles. The van der Waals surface area contributed by atoms with Gasteiger partial charge in [0.1, 0.15) is 16.4 Å². The lowest BCUT2D eigenvalue weighted by Gasteiger charge is -2.45. The SMILES string of the molecule is O=C([C@@H]1Cn2ccnc2C2(CCN(Cc3nccs3)CC2)O1)N1CCCC1. The van der Waals surface area contributed by atoms with E-state index < -0.39 is 11.7 Å². The van der Waals surface area contributed by atoms with Crippen LogP contribution in [0.5, 0.6) is 0 Å². The molecule has 0 unspecified atom stereocenters. The molecule has 1 atom stereocenters. The minimum Gasteiger partial charge on any atom is -0.352 e. The molecule has 27 heavy (non-hydrogen) atoms. The number of fused-ring (bicyclic) bond motifs is 2. The predicted molar refractivity (Wildman–Crippen MR) is 101 cm³/mol. The maximum Gasteiger partial charge on any atom is 0.253 e. The first kappa shape index (κ1) is 17.3. The van der Waals surface area contributed by atoms with Gasteiger partial charge in [0.2, 0.25) is 0 Å². The van der Waals surface area contributed by atoms with Crippen molar-refractivity contribution in [1.29, 1.82) is 0 Å². The highest BCUT2D eigenvalue weighted by molar-refractivity contribution is 7.09. The Kier molecular flexibility index (Phi) is 4.49. The summed E-state index contributed by atoms with van der Waals surface area (Å²) in [5, 5.41) is 3.18. The number of carbonyl (C=O) groups excluding carboxylic acids is 1. The summed E-state index contributed by atoms with van der Waals surface area (Å²) in [5.74, 6) is 1.14. The number of ether oxygens (including phenoxy) is 1. The van der Waals surface area contributed by atoms with Crippen LogP contribution in [0.3, 0.4) is 0 Å². The van der Waals surface area contributed by atoms with Crippen molar-refractivity contribution in [3.8, 4) is 0 Å². The van der Waals surface area contributed by atoms with E-state index in [4.69, 9.17) is 4.74 Å². The summed E-state index contributed by atoms with van der Waals surface area (Å²) in [6.07, 6.45) is 9.23. The van der Waals surface area contributed by atoms with E-state index in [2.05, 4.69) is 19.4 Å². The molecule has 0 saturated carbocycles. The van der Waals surface area contributed by atoms with Gasteiger partial charge in [-0.15, -0.1) is 11.3 Å². The number of imidazole rings is 1. The van der Waals surface area contributed by atoms with Crippen LogP contribution < -0.4 is 0 Å². The Morgan fingerprint density at radius 3 is 2.74 bits per heavy atom. The van der Waals surface area contributed by atoms with Gasteiger partial charge in [-0.25, -0.2) is 9.97 Å². The van der Waals surface area contributed by atoms with Gasteiger partial charge in [-0.3, -0.25) is 9.69 Å². The standard InChI is InChI=1S/C19H25N5O2S/c25-17(23-7-1-2-8-23)15-13-24-11-5-21-18(24)19(26-15)3-9-22(10-4-19)14-16-20-6-12-27-16/h5-6,11-12,15H,1-4,7-10,13-14H2/t15-/m0/s1. The van der Waals surface area contributed by atoms with Crippen molar-refractivity contribution >= 4 is 17.2 Å². The van der Waals surface area contributed by atoms with Gasteiger partial charge in [-0.05, 0) is 25.7 Å². The van der Waals surface area contributed by atoms with Crippen molar-refractivity contribution in [3.05, 3.63) is 34.8 Å². The van der Waals surface area contributed by atoms with Gasteiger partial charge >= 0.3 is 0 Å². The highest BCUT2D eigenvalue weighted by atomic mass is 32.1. The molecule has 7 nitrogen and oxygen atoms in total. The zero-order valence-electron chi connectivity index (χ0n) is 15.4. The first-order valence-electron chi connectivity index (χ1n) is 9.82. The zero-order valence-corrected chi connectivity index (χ0v) is 16.2. The van der Waals surface area contributed by atoms with Gasteiger partial charge in [0.15, 0.2) is 6.10 Å². The summed E-state index contributed by atoms with van der Waals surface area (Å²) in [6, 6.07) is 0. The van der Waals surface area contributed by atoms with E-state index in [1.165, 1.54) is 0 Å². The molecule has 0 N–H and O–H groups in total. The van der Waals surface area contributed by atoms with Gasteiger partial charge in [0.25, 0.3) is 5.91 Å². The molecule has 1 spiro atoms. The Hall–Kier alpha value is -1.77. The quantitative estimate of drug-likeness (QED) is 0.804. The van der Waals surface area contributed by atoms with E-state index in [0.717, 1.165) is 69.2 Å². The summed E-state index contributed by atoms with van der Waals surface area (Å²) < 4.78 is 8.68. The first-order chi connectivity index (χ1) is 13.2. The van der Waals surface area contributed by atoms with Crippen LogP contribution in [0.2, 0.25) is 0 Å². The lowest BCUT2D eigenvalue weighted by molar-refractivity contribution is -0.180. The van der Waals surface area contributed by atoms with Crippen molar-refractivity contribution < 1.29 is 9.53 Å². The highest BCUT2D eigenvalue weighted by Crippen LogP contribution is 2.40. The van der Waals surface area contributed by atoms with E-state index in [1.807, 2.05) is 28.9 Å². The van der Waals surface area contributed by atoms with Crippen LogP contribution in [0.25, 0.3) is 0 Å². The van der Waals surface area contributed by atoms with Crippen LogP contribution in [0.15, 0.2) is 24.0 Å². The molecule has 2 aromatic heterocycles. The maximum atomic E-state index is 13.0. The van der Waals surface area contributed by atoms with Gasteiger partial charge in [-0.1, -0.05) is 0 Å². The fourth-order valence-electron chi connectivity index (χ4n) is 4.60. The molecule has 0 aromatic carbocycles. The molecule has 5 heterocycles. The molecule has 8 heteroatoms. The molecule has 2 aromatic rings. The summed E-state index contributed by atoms with van der Waals surface area (Å²) in [4.78, 5) is 26.4. The molecule has 144 valence electrons. The lowest BCUT2D eigenvalue weighted by Crippen LogP contribution is -2.54. The molecule has 2 saturated heterocycles. The predicted octanol–water partition coefficient (Wildman–Crippen LogP) is 1.85. The second-order valence-electron chi connectivity index (χ2n) is 7.74. The highest BCUT2D eigenvalue weighted by Gasteiger charge is 2.47. The Labute approximate surface area is 163 Å². The third kappa shape index (κ3) is 3.19. The number of likely N-dealkylation sites (tertiary alicyclic amines) is 2. The minimum absolute atomic E-state index is 0.149. The van der Waals surface area contributed by atoms with Crippen molar-refractivity contribution in [1.82, 2.24) is 24.3 Å². The average molecular weight is 388 g/mol. The Morgan fingerprint density at radius 1 is 1.19 bits per heavy atom. The van der Waals surface area contributed by atoms with Gasteiger partial charge in [-0.2, -0.15) is 0 Å². The van der Waals surface area contributed by atoms with Crippen LogP contribution in [0.1, 0.15) is 36.5 Å². The molecule has 0 bridgehead atoms. The van der Waals surface area contributed by atoms with Crippen LogP contribution in [-0.4, -0.2) is 62.5 Å². The number of carbonyl (C=O) groups is 1. The average Bonchev–Trinajstić information content (AvgIpc) is 3.45. The molecular weight excluding hydrogens is 362 g/mol. The lowest BCUT2D eigenvalue weighted by atomic mass is 9.88. The molecule has 3 aliphatic rings. The number of thiazole rings is 1. The van der Waals surface area contributed by atoms with Crippen LogP contribution in [-0.2, 0) is 28.2 Å². The van der Waals surface area contributed by atoms with Crippen LogP contribution in [0, 0.1) is 0 Å². The summed E-state index contributed by atoms with van der Waals surface area (Å²) in [6.45, 7) is 5.05. The van der Waals surface area contributed by atoms with Crippen molar-refractivity contribution in [2.24, 2.45) is 0 Å². The van der Waals surface area contributed by atoms with E-state index in [9.17, 15) is 4.79 Å². The van der Waals surface area contributed by atoms with Crippen molar-refractivity contribution in [3.63, 3.8) is 0 Å². The summed E-state index contributed by atoms with van der Waals surface area (Å²) in [5.41, 5.74) is -0.443. The largest absolute Gasteiger partial charge is 0.352 e. The smallest absolute Gasteiger partial charge is 0.253 e. The normalized spacial score (nSPS) is 25.0. The minimum atomic E-state index is -0.443. The topological polar surface area (TPSA) is 63.5 Å². The second kappa shape index (κ2) is 7.00. The molecule has 0 radical (unpaired) electrons. The van der Waals surface area contributed by atoms with Gasteiger partial charge in [0, 0.05) is 50.1 Å². The number of hydrogen-bond donors (Lipinski definition) is 0. The molecular formula is C19H25N5O2S. The van der Waals surface area contributed by atoms with Crippen LogP contribution >= 0.6 is 11.3 Å². The number of aromatic nitrogens is 3. The second-order valence-corrected chi connectivity index (χ2v) is 8.72. The number of rotatable bonds is 3. The van der Waals surface area contributed by atoms with Gasteiger partial charge < -0.3 is 14.2 Å². The fraction of sp³-hybridized carbons (Fsp3) is 0.632. The number of nitrogens with zero attached hydrogens (tertiary/aromatic N) is 5. The fourth-order valence-corrected chi connectivity index (χ4v) is 5.26. The molecule has 3 aliphatic heterocycles. The maximum absolute atomic E-state index is 13.0.